The minimum absolute atomic E-state index is 0.386. The Morgan fingerprint density at radius 2 is 1.26 bits per heavy atom. The third-order valence-corrected chi connectivity index (χ3v) is 5.74. The number of thioether (sulfide) groups is 1. The van der Waals surface area contributed by atoms with E-state index in [-0.39, 0.29) is 0 Å². The minimum Gasteiger partial charge on any atom is -0.364 e. The molecule has 0 radical (unpaired) electrons. The first-order valence-electron chi connectivity index (χ1n) is 8.11. The zero-order valence-corrected chi connectivity index (χ0v) is 16.4. The molecule has 2 aromatic rings. The van der Waals surface area contributed by atoms with Crippen molar-refractivity contribution in [1.82, 2.24) is 4.90 Å². The summed E-state index contributed by atoms with van der Waals surface area (Å²) >= 11 is 6.23. The van der Waals surface area contributed by atoms with E-state index >= 15 is 0 Å². The highest BCUT2D eigenvalue weighted by molar-refractivity contribution is 8.24. The van der Waals surface area contributed by atoms with Crippen LogP contribution >= 0.6 is 24.0 Å². The number of anilines is 2. The molecule has 0 spiro atoms. The van der Waals surface area contributed by atoms with Crippen LogP contribution in [0.5, 0.6) is 0 Å². The van der Waals surface area contributed by atoms with Crippen LogP contribution in [0.2, 0.25) is 0 Å². The van der Waals surface area contributed by atoms with Gasteiger partial charge in [-0.05, 0) is 24.3 Å². The Hall–Kier alpha value is -2.71. The number of hydrogen-bond acceptors (Lipinski definition) is 5. The van der Waals surface area contributed by atoms with Crippen LogP contribution < -0.4 is 9.80 Å². The van der Waals surface area contributed by atoms with Gasteiger partial charge in [0.1, 0.15) is 4.32 Å². The molecule has 2 aromatic carbocycles. The highest BCUT2D eigenvalue weighted by atomic mass is 32.2. The van der Waals surface area contributed by atoms with E-state index in [9.17, 15) is 14.4 Å². The number of amides is 4. The Kier molecular flexibility index (Phi) is 5.57. The highest BCUT2D eigenvalue weighted by Crippen LogP contribution is 2.31. The normalized spacial score (nSPS) is 15.3. The molecule has 0 unspecified atom stereocenters. The lowest BCUT2D eigenvalue weighted by atomic mass is 10.2. The summed E-state index contributed by atoms with van der Waals surface area (Å²) in [7, 11) is 3.48. The van der Waals surface area contributed by atoms with Gasteiger partial charge >= 0.3 is 6.03 Å². The van der Waals surface area contributed by atoms with Crippen molar-refractivity contribution in [2.24, 2.45) is 0 Å². The van der Waals surface area contributed by atoms with Gasteiger partial charge in [0.05, 0.1) is 11.4 Å². The number of thiocarbonyl (C=S) groups is 1. The number of carbonyl (C=O) groups excluding carboxylic acids is 3. The van der Waals surface area contributed by atoms with Crippen LogP contribution in [0.3, 0.4) is 0 Å². The second kappa shape index (κ2) is 7.89. The molecular weight excluding hydrogens is 382 g/mol. The first-order valence-corrected chi connectivity index (χ1v) is 9.40. The molecule has 3 rings (SSSR count). The van der Waals surface area contributed by atoms with E-state index in [0.717, 1.165) is 21.6 Å². The van der Waals surface area contributed by atoms with E-state index in [1.54, 1.807) is 79.7 Å². The van der Waals surface area contributed by atoms with Crippen molar-refractivity contribution >= 4 is 57.5 Å². The summed E-state index contributed by atoms with van der Waals surface area (Å²) in [5.41, 5.74) is 0.810. The van der Waals surface area contributed by atoms with Crippen molar-refractivity contribution in [1.29, 1.82) is 0 Å². The number of benzene rings is 2. The molecule has 0 bridgehead atoms. The topological polar surface area (TPSA) is 60.9 Å². The van der Waals surface area contributed by atoms with Crippen LogP contribution in [-0.2, 0) is 9.59 Å². The number of barbiturate groups is 1. The van der Waals surface area contributed by atoms with E-state index in [2.05, 4.69) is 0 Å². The van der Waals surface area contributed by atoms with Crippen LogP contribution in [0.4, 0.5) is 16.2 Å². The summed E-state index contributed by atoms with van der Waals surface area (Å²) in [6.45, 7) is 0. The molecule has 1 aliphatic heterocycles. The fraction of sp³-hybridized carbons (Fsp3) is 0.158. The van der Waals surface area contributed by atoms with Gasteiger partial charge in [0.2, 0.25) is 0 Å². The molecule has 0 atom stereocenters. The van der Waals surface area contributed by atoms with Gasteiger partial charge in [-0.3, -0.25) is 9.59 Å². The first kappa shape index (κ1) is 19.1. The maximum Gasteiger partial charge on any atom is 0.342 e. The Morgan fingerprint density at radius 1 is 0.852 bits per heavy atom. The van der Waals surface area contributed by atoms with Gasteiger partial charge in [-0.2, -0.15) is 0 Å². The van der Waals surface area contributed by atoms with Crippen molar-refractivity contribution < 1.29 is 14.4 Å². The van der Waals surface area contributed by atoms with E-state index in [4.69, 9.17) is 12.2 Å². The quantitative estimate of drug-likeness (QED) is 0.584. The van der Waals surface area contributed by atoms with E-state index < -0.39 is 23.1 Å². The molecule has 0 saturated carbocycles. The van der Waals surface area contributed by atoms with Crippen molar-refractivity contribution in [2.45, 2.75) is 5.25 Å². The van der Waals surface area contributed by atoms with Gasteiger partial charge in [0.15, 0.2) is 5.25 Å². The average Bonchev–Trinajstić information content (AvgIpc) is 2.66. The highest BCUT2D eigenvalue weighted by Gasteiger charge is 2.48. The lowest BCUT2D eigenvalue weighted by Crippen LogP contribution is -2.62. The molecule has 4 amide bonds. The summed E-state index contributed by atoms with van der Waals surface area (Å²) in [6, 6.07) is 16.4. The summed E-state index contributed by atoms with van der Waals surface area (Å²) < 4.78 is 0.386. The summed E-state index contributed by atoms with van der Waals surface area (Å²) in [4.78, 5) is 42.9. The fourth-order valence-electron chi connectivity index (χ4n) is 2.57. The van der Waals surface area contributed by atoms with Crippen LogP contribution in [0, 0.1) is 0 Å². The average molecular weight is 399 g/mol. The van der Waals surface area contributed by atoms with E-state index in [1.807, 2.05) is 0 Å². The van der Waals surface area contributed by atoms with Gasteiger partial charge in [0.25, 0.3) is 11.8 Å². The van der Waals surface area contributed by atoms with Crippen LogP contribution in [0.15, 0.2) is 60.7 Å². The second-order valence-electron chi connectivity index (χ2n) is 5.96. The Bertz CT molecular complexity index is 826. The van der Waals surface area contributed by atoms with Gasteiger partial charge in [0, 0.05) is 14.1 Å². The van der Waals surface area contributed by atoms with Crippen molar-refractivity contribution in [3.05, 3.63) is 60.7 Å². The minimum atomic E-state index is -1.14. The third kappa shape index (κ3) is 3.72. The van der Waals surface area contributed by atoms with Crippen LogP contribution in [-0.4, -0.2) is 46.4 Å². The zero-order chi connectivity index (χ0) is 19.6. The molecule has 1 fully saturated rings. The third-order valence-electron chi connectivity index (χ3n) is 3.88. The maximum atomic E-state index is 13.1. The van der Waals surface area contributed by atoms with Gasteiger partial charge < -0.3 is 4.90 Å². The number of urea groups is 1. The number of para-hydroxylation sites is 2. The van der Waals surface area contributed by atoms with Gasteiger partial charge in [-0.1, -0.05) is 60.4 Å². The maximum absolute atomic E-state index is 13.1. The molecule has 1 saturated heterocycles. The molecule has 0 aromatic heterocycles. The summed E-state index contributed by atoms with van der Waals surface area (Å²) in [5, 5.41) is -1.14. The number of rotatable bonds is 3. The number of nitrogens with zero attached hydrogens (tertiary/aromatic N) is 3. The SMILES string of the molecule is CN(C)C(=S)SC1C(=O)N(c2ccccc2)C(=O)N(c2ccccc2)C1=O. The Morgan fingerprint density at radius 3 is 1.63 bits per heavy atom. The standard InChI is InChI=1S/C19H17N3O3S2/c1-20(2)19(26)27-15-16(23)21(13-9-5-3-6-10-13)18(25)22(17(15)24)14-11-7-4-8-12-14/h3-12,15H,1-2H3. The van der Waals surface area contributed by atoms with Gasteiger partial charge in [-0.15, -0.1) is 0 Å². The smallest absolute Gasteiger partial charge is 0.342 e. The molecule has 138 valence electrons. The molecular formula is C19H17N3O3S2. The molecule has 1 heterocycles. The lowest BCUT2D eigenvalue weighted by Gasteiger charge is -2.36. The molecule has 1 aliphatic rings. The van der Waals surface area contributed by atoms with E-state index in [1.165, 1.54) is 0 Å². The van der Waals surface area contributed by atoms with Crippen molar-refractivity contribution in [3.63, 3.8) is 0 Å². The number of carbonyl (C=O) groups is 3. The van der Waals surface area contributed by atoms with Crippen molar-refractivity contribution in [3.8, 4) is 0 Å². The molecule has 6 nitrogen and oxygen atoms in total. The number of hydrogen-bond donors (Lipinski definition) is 0. The van der Waals surface area contributed by atoms with Crippen LogP contribution in [0.1, 0.15) is 0 Å². The summed E-state index contributed by atoms with van der Waals surface area (Å²) in [6.07, 6.45) is 0. The Balaban J connectivity index is 2.07. The first-order chi connectivity index (χ1) is 12.9. The predicted octanol–water partition coefficient (Wildman–Crippen LogP) is 3.13. The van der Waals surface area contributed by atoms with E-state index in [0.29, 0.717) is 15.7 Å². The molecule has 0 N–H and O–H groups in total. The van der Waals surface area contributed by atoms with Crippen LogP contribution in [0.25, 0.3) is 0 Å². The molecule has 0 aliphatic carbocycles. The predicted molar refractivity (Wildman–Crippen MR) is 111 cm³/mol. The number of imide groups is 2. The monoisotopic (exact) mass is 399 g/mol. The largest absolute Gasteiger partial charge is 0.364 e. The fourth-order valence-corrected chi connectivity index (χ4v) is 3.68. The lowest BCUT2D eigenvalue weighted by molar-refractivity contribution is -0.126. The molecule has 27 heavy (non-hydrogen) atoms. The second-order valence-corrected chi connectivity index (χ2v) is 7.70. The molecule has 8 heteroatoms. The van der Waals surface area contributed by atoms with Gasteiger partial charge in [-0.25, -0.2) is 14.6 Å². The summed E-state index contributed by atoms with van der Waals surface area (Å²) in [5.74, 6) is -1.20. The zero-order valence-electron chi connectivity index (χ0n) is 14.7. The Labute approximate surface area is 166 Å². The van der Waals surface area contributed by atoms with Crippen molar-refractivity contribution in [2.75, 3.05) is 23.9 Å².